The minimum absolute atomic E-state index is 0.0731. The van der Waals surface area contributed by atoms with E-state index in [4.69, 9.17) is 4.74 Å². The van der Waals surface area contributed by atoms with E-state index >= 15 is 0 Å². The van der Waals surface area contributed by atoms with Gasteiger partial charge in [0.05, 0.1) is 13.2 Å². The Morgan fingerprint density at radius 2 is 1.91 bits per heavy atom. The molecule has 0 aromatic heterocycles. The highest BCUT2D eigenvalue weighted by Gasteiger charge is 2.29. The fraction of sp³-hybridized carbons (Fsp3) is 0.944. The number of nitrogens with zero attached hydrogens (tertiary/aromatic N) is 1. The normalized spacial score (nSPS) is 27.7. The van der Waals surface area contributed by atoms with E-state index in [-0.39, 0.29) is 5.97 Å². The maximum Gasteiger partial charge on any atom is 0.320 e. The largest absolute Gasteiger partial charge is 0.465 e. The zero-order valence-electron chi connectivity index (χ0n) is 14.5. The molecule has 0 aromatic rings. The quantitative estimate of drug-likeness (QED) is 0.734. The number of piperidine rings is 1. The second-order valence-corrected chi connectivity index (χ2v) is 7.09. The molecule has 2 atom stereocenters. The molecule has 1 saturated carbocycles. The molecule has 2 rings (SSSR count). The van der Waals surface area contributed by atoms with Gasteiger partial charge in [-0.25, -0.2) is 0 Å². The predicted molar refractivity (Wildman–Crippen MR) is 89.9 cm³/mol. The first-order valence-electron chi connectivity index (χ1n) is 9.35. The van der Waals surface area contributed by atoms with Gasteiger partial charge in [-0.15, -0.1) is 0 Å². The van der Waals surface area contributed by atoms with Crippen LogP contribution in [0.5, 0.6) is 0 Å². The maximum atomic E-state index is 11.8. The third kappa shape index (κ3) is 5.88. The lowest BCUT2D eigenvalue weighted by molar-refractivity contribution is -0.145. The van der Waals surface area contributed by atoms with Crippen molar-refractivity contribution in [3.63, 3.8) is 0 Å². The second-order valence-electron chi connectivity index (χ2n) is 7.09. The monoisotopic (exact) mass is 310 g/mol. The minimum Gasteiger partial charge on any atom is -0.465 e. The highest BCUT2D eigenvalue weighted by atomic mass is 16.5. The van der Waals surface area contributed by atoms with Crippen LogP contribution in [0.15, 0.2) is 0 Å². The van der Waals surface area contributed by atoms with Gasteiger partial charge in [0.1, 0.15) is 0 Å². The molecule has 1 aliphatic heterocycles. The van der Waals surface area contributed by atoms with Crippen molar-refractivity contribution in [2.24, 2.45) is 5.92 Å². The van der Waals surface area contributed by atoms with Crippen molar-refractivity contribution < 1.29 is 9.53 Å². The zero-order valence-corrected chi connectivity index (χ0v) is 14.5. The van der Waals surface area contributed by atoms with Crippen LogP contribution < -0.4 is 5.32 Å². The first-order valence-corrected chi connectivity index (χ1v) is 9.35. The number of ether oxygens (including phenoxy) is 1. The lowest BCUT2D eigenvalue weighted by atomic mass is 9.88. The fourth-order valence-electron chi connectivity index (χ4n) is 4.16. The Kier molecular flexibility index (Phi) is 7.67. The lowest BCUT2D eigenvalue weighted by Crippen LogP contribution is -2.53. The molecule has 2 aliphatic rings. The molecule has 1 saturated heterocycles. The van der Waals surface area contributed by atoms with E-state index < -0.39 is 0 Å². The molecule has 2 unspecified atom stereocenters. The summed E-state index contributed by atoms with van der Waals surface area (Å²) < 4.78 is 5.12. The molecule has 0 aromatic carbocycles. The van der Waals surface area contributed by atoms with Crippen molar-refractivity contribution in [3.8, 4) is 0 Å². The molecular formula is C18H34N2O2. The zero-order chi connectivity index (χ0) is 15.8. The molecule has 22 heavy (non-hydrogen) atoms. The van der Waals surface area contributed by atoms with Crippen molar-refractivity contribution in [3.05, 3.63) is 0 Å². The van der Waals surface area contributed by atoms with Crippen molar-refractivity contribution in [1.29, 1.82) is 0 Å². The molecule has 1 heterocycles. The van der Waals surface area contributed by atoms with Crippen LogP contribution in [0.4, 0.5) is 0 Å². The van der Waals surface area contributed by atoms with E-state index in [9.17, 15) is 4.79 Å². The molecule has 2 fully saturated rings. The predicted octanol–water partition coefficient (Wildman–Crippen LogP) is 2.96. The molecule has 4 heteroatoms. The molecule has 0 radical (unpaired) electrons. The van der Waals surface area contributed by atoms with Gasteiger partial charge >= 0.3 is 5.97 Å². The Bertz CT molecular complexity index is 329. The van der Waals surface area contributed by atoms with Gasteiger partial charge in [-0.2, -0.15) is 0 Å². The standard InChI is InChI=1S/C18H34N2O2/c1-3-8-15-11-17(19-16-9-6-5-7-10-16)13-20(12-15)14-18(21)22-4-2/h15-17,19H,3-14H2,1-2H3. The number of rotatable bonds is 7. The van der Waals surface area contributed by atoms with Gasteiger partial charge < -0.3 is 10.1 Å². The van der Waals surface area contributed by atoms with Gasteiger partial charge in [-0.3, -0.25) is 9.69 Å². The molecule has 1 aliphatic carbocycles. The Morgan fingerprint density at radius 1 is 1.14 bits per heavy atom. The van der Waals surface area contributed by atoms with Crippen LogP contribution in [0.1, 0.15) is 65.2 Å². The summed E-state index contributed by atoms with van der Waals surface area (Å²) in [6, 6.07) is 1.24. The third-order valence-electron chi connectivity index (χ3n) is 5.04. The number of hydrogen-bond acceptors (Lipinski definition) is 4. The van der Waals surface area contributed by atoms with Crippen LogP contribution in [0.2, 0.25) is 0 Å². The summed E-state index contributed by atoms with van der Waals surface area (Å²) in [6.45, 7) is 7.12. The van der Waals surface area contributed by atoms with E-state index in [2.05, 4.69) is 17.1 Å². The number of carbonyl (C=O) groups is 1. The van der Waals surface area contributed by atoms with Crippen LogP contribution in [0.25, 0.3) is 0 Å². The third-order valence-corrected chi connectivity index (χ3v) is 5.04. The van der Waals surface area contributed by atoms with Crippen LogP contribution >= 0.6 is 0 Å². The van der Waals surface area contributed by atoms with E-state index in [1.54, 1.807) is 0 Å². The summed E-state index contributed by atoms with van der Waals surface area (Å²) in [7, 11) is 0. The molecule has 0 amide bonds. The first kappa shape index (κ1) is 17.7. The van der Waals surface area contributed by atoms with Gasteiger partial charge in [0.15, 0.2) is 0 Å². The fourth-order valence-corrected chi connectivity index (χ4v) is 4.16. The van der Waals surface area contributed by atoms with E-state index in [0.29, 0.717) is 31.2 Å². The Balaban J connectivity index is 1.86. The number of esters is 1. The summed E-state index contributed by atoms with van der Waals surface area (Å²) in [5, 5.41) is 3.89. The average molecular weight is 310 g/mol. The van der Waals surface area contributed by atoms with Gasteiger partial charge in [0.25, 0.3) is 0 Å². The van der Waals surface area contributed by atoms with Crippen molar-refractivity contribution in [2.75, 3.05) is 26.2 Å². The van der Waals surface area contributed by atoms with Crippen molar-refractivity contribution in [1.82, 2.24) is 10.2 Å². The first-order chi connectivity index (χ1) is 10.7. The molecule has 0 bridgehead atoms. The van der Waals surface area contributed by atoms with Crippen LogP contribution in [0, 0.1) is 5.92 Å². The van der Waals surface area contributed by atoms with Crippen molar-refractivity contribution >= 4 is 5.97 Å². The van der Waals surface area contributed by atoms with Gasteiger partial charge in [-0.1, -0.05) is 32.6 Å². The highest BCUT2D eigenvalue weighted by Crippen LogP contribution is 2.24. The van der Waals surface area contributed by atoms with Crippen molar-refractivity contribution in [2.45, 2.75) is 77.3 Å². The summed E-state index contributed by atoms with van der Waals surface area (Å²) in [5.74, 6) is 0.644. The molecule has 1 N–H and O–H groups in total. The Labute approximate surface area is 136 Å². The molecule has 0 spiro atoms. The summed E-state index contributed by atoms with van der Waals surface area (Å²) >= 11 is 0. The SMILES string of the molecule is CCCC1CC(NC2CCCCC2)CN(CC(=O)OCC)C1. The average Bonchev–Trinajstić information content (AvgIpc) is 2.48. The van der Waals surface area contributed by atoms with Gasteiger partial charge in [-0.05, 0) is 38.5 Å². The molecule has 128 valence electrons. The Morgan fingerprint density at radius 3 is 2.59 bits per heavy atom. The van der Waals surface area contributed by atoms with Gasteiger partial charge in [0, 0.05) is 25.2 Å². The number of hydrogen-bond donors (Lipinski definition) is 1. The number of nitrogens with one attached hydrogen (secondary N) is 1. The smallest absolute Gasteiger partial charge is 0.320 e. The summed E-state index contributed by atoms with van der Waals surface area (Å²) in [4.78, 5) is 14.1. The maximum absolute atomic E-state index is 11.8. The Hall–Kier alpha value is -0.610. The van der Waals surface area contributed by atoms with Crippen LogP contribution in [-0.2, 0) is 9.53 Å². The lowest BCUT2D eigenvalue weighted by Gasteiger charge is -2.40. The molecule has 4 nitrogen and oxygen atoms in total. The second kappa shape index (κ2) is 9.51. The summed E-state index contributed by atoms with van der Waals surface area (Å²) in [6.07, 6.45) is 10.6. The van der Waals surface area contributed by atoms with Gasteiger partial charge in [0.2, 0.25) is 0 Å². The van der Waals surface area contributed by atoms with E-state index in [1.165, 1.54) is 51.4 Å². The molecular weight excluding hydrogens is 276 g/mol. The minimum atomic E-state index is -0.0731. The van der Waals surface area contributed by atoms with E-state index in [0.717, 1.165) is 13.1 Å². The topological polar surface area (TPSA) is 41.6 Å². The van der Waals surface area contributed by atoms with E-state index in [1.807, 2.05) is 6.92 Å². The number of carbonyl (C=O) groups excluding carboxylic acids is 1. The van der Waals surface area contributed by atoms with Crippen LogP contribution in [0.3, 0.4) is 0 Å². The highest BCUT2D eigenvalue weighted by molar-refractivity contribution is 5.71. The number of likely N-dealkylation sites (tertiary alicyclic amines) is 1. The summed E-state index contributed by atoms with van der Waals surface area (Å²) in [5.41, 5.74) is 0. The van der Waals surface area contributed by atoms with Crippen LogP contribution in [-0.4, -0.2) is 49.2 Å².